The number of aryl methyl sites for hydroxylation is 1. The number of amides is 1. The van der Waals surface area contributed by atoms with E-state index >= 15 is 0 Å². The maximum absolute atomic E-state index is 12.9. The lowest BCUT2D eigenvalue weighted by Crippen LogP contribution is -2.30. The summed E-state index contributed by atoms with van der Waals surface area (Å²) in [6.45, 7) is 7.13. The first-order valence-corrected chi connectivity index (χ1v) is 10.6. The first kappa shape index (κ1) is 21.6. The summed E-state index contributed by atoms with van der Waals surface area (Å²) in [7, 11) is 0. The van der Waals surface area contributed by atoms with Gasteiger partial charge in [-0.25, -0.2) is 0 Å². The number of likely N-dealkylation sites (tertiary alicyclic amines) is 1. The fraction of sp³-hybridized carbons (Fsp3) is 0.360. The van der Waals surface area contributed by atoms with Crippen molar-refractivity contribution < 1.29 is 19.4 Å². The topological polar surface area (TPSA) is 66.8 Å². The summed E-state index contributed by atoms with van der Waals surface area (Å²) in [6.07, 6.45) is 2.60. The van der Waals surface area contributed by atoms with Crippen molar-refractivity contribution in [1.82, 2.24) is 4.90 Å². The highest BCUT2D eigenvalue weighted by Gasteiger charge is 2.45. The molecule has 1 saturated heterocycles. The van der Waals surface area contributed by atoms with Gasteiger partial charge in [-0.1, -0.05) is 62.2 Å². The molecule has 1 aliphatic heterocycles. The molecule has 0 radical (unpaired) electrons. The Morgan fingerprint density at radius 1 is 1.00 bits per heavy atom. The molecule has 5 nitrogen and oxygen atoms in total. The molecule has 1 amide bonds. The zero-order valence-corrected chi connectivity index (χ0v) is 17.9. The molecule has 0 saturated carbocycles. The Kier molecular flexibility index (Phi) is 6.93. The number of carbonyl (C=O) groups is 2. The summed E-state index contributed by atoms with van der Waals surface area (Å²) in [4.78, 5) is 27.3. The number of benzene rings is 2. The van der Waals surface area contributed by atoms with Crippen LogP contribution in [0.25, 0.3) is 5.76 Å². The van der Waals surface area contributed by atoms with Gasteiger partial charge in [0.1, 0.15) is 11.5 Å². The Balaban J connectivity index is 2.06. The molecule has 2 aromatic rings. The number of aliphatic hydroxyl groups is 1. The van der Waals surface area contributed by atoms with Crippen LogP contribution >= 0.6 is 0 Å². The van der Waals surface area contributed by atoms with Gasteiger partial charge < -0.3 is 14.7 Å². The van der Waals surface area contributed by atoms with Crippen LogP contribution in [0.15, 0.2) is 54.1 Å². The highest BCUT2D eigenvalue weighted by Crippen LogP contribution is 2.40. The van der Waals surface area contributed by atoms with Crippen LogP contribution in [0.2, 0.25) is 0 Å². The molecule has 1 aliphatic rings. The number of Topliss-reactive ketones (excluding diaryl/α,β-unsaturated/α-hetero) is 1. The number of aliphatic hydroxyl groups excluding tert-OH is 1. The molecule has 0 aromatic heterocycles. The number of ether oxygens (including phenoxy) is 1. The molecule has 3 rings (SSSR count). The molecule has 1 heterocycles. The molecule has 1 unspecified atom stereocenters. The molecule has 158 valence electrons. The number of hydrogen-bond donors (Lipinski definition) is 1. The summed E-state index contributed by atoms with van der Waals surface area (Å²) >= 11 is 0. The summed E-state index contributed by atoms with van der Waals surface area (Å²) in [5.41, 5.74) is 2.50. The molecular weight excluding hydrogens is 378 g/mol. The van der Waals surface area contributed by atoms with E-state index in [0.29, 0.717) is 18.7 Å². The number of carbonyl (C=O) groups excluding carboxylic acids is 2. The lowest BCUT2D eigenvalue weighted by Gasteiger charge is -2.25. The van der Waals surface area contributed by atoms with Crippen LogP contribution in [0.1, 0.15) is 55.8 Å². The van der Waals surface area contributed by atoms with Gasteiger partial charge in [-0.2, -0.15) is 0 Å². The Morgan fingerprint density at radius 3 is 2.27 bits per heavy atom. The maximum Gasteiger partial charge on any atom is 0.295 e. The van der Waals surface area contributed by atoms with Gasteiger partial charge in [-0.15, -0.1) is 0 Å². The second-order valence-corrected chi connectivity index (χ2v) is 7.63. The van der Waals surface area contributed by atoms with Gasteiger partial charge in [-0.05, 0) is 37.5 Å². The minimum absolute atomic E-state index is 0.136. The van der Waals surface area contributed by atoms with E-state index in [4.69, 9.17) is 4.74 Å². The molecule has 1 atom stereocenters. The second-order valence-electron chi connectivity index (χ2n) is 7.63. The van der Waals surface area contributed by atoms with Crippen LogP contribution in [-0.4, -0.2) is 34.8 Å². The van der Waals surface area contributed by atoms with E-state index in [0.717, 1.165) is 36.1 Å². The normalized spacial score (nSPS) is 18.1. The van der Waals surface area contributed by atoms with Crippen molar-refractivity contribution in [1.29, 1.82) is 0 Å². The molecule has 0 bridgehead atoms. The van der Waals surface area contributed by atoms with E-state index in [2.05, 4.69) is 0 Å². The number of nitrogens with zero attached hydrogens (tertiary/aromatic N) is 1. The van der Waals surface area contributed by atoms with Crippen molar-refractivity contribution in [3.05, 3.63) is 70.8 Å². The lowest BCUT2D eigenvalue weighted by atomic mass is 9.95. The number of ketones is 1. The van der Waals surface area contributed by atoms with Crippen LogP contribution in [0.4, 0.5) is 0 Å². The first-order valence-electron chi connectivity index (χ1n) is 10.6. The summed E-state index contributed by atoms with van der Waals surface area (Å²) in [6, 6.07) is 14.1. The second kappa shape index (κ2) is 9.61. The van der Waals surface area contributed by atoms with Crippen molar-refractivity contribution in [2.24, 2.45) is 0 Å². The van der Waals surface area contributed by atoms with Gasteiger partial charge >= 0.3 is 0 Å². The molecular formula is C25H29NO4. The van der Waals surface area contributed by atoms with Gasteiger partial charge in [0, 0.05) is 12.1 Å². The Labute approximate surface area is 178 Å². The van der Waals surface area contributed by atoms with Crippen molar-refractivity contribution in [2.75, 3.05) is 13.2 Å². The number of rotatable bonds is 8. The van der Waals surface area contributed by atoms with Crippen LogP contribution in [-0.2, 0) is 9.59 Å². The van der Waals surface area contributed by atoms with Crippen molar-refractivity contribution in [3.63, 3.8) is 0 Å². The van der Waals surface area contributed by atoms with E-state index < -0.39 is 17.7 Å². The lowest BCUT2D eigenvalue weighted by molar-refractivity contribution is -0.139. The highest BCUT2D eigenvalue weighted by molar-refractivity contribution is 6.46. The largest absolute Gasteiger partial charge is 0.507 e. The number of hydrogen-bond acceptors (Lipinski definition) is 4. The average Bonchev–Trinajstić information content (AvgIpc) is 3.01. The minimum atomic E-state index is -0.638. The third-order valence-corrected chi connectivity index (χ3v) is 5.29. The molecule has 30 heavy (non-hydrogen) atoms. The minimum Gasteiger partial charge on any atom is -0.507 e. The van der Waals surface area contributed by atoms with Crippen LogP contribution in [0.3, 0.4) is 0 Å². The predicted octanol–water partition coefficient (Wildman–Crippen LogP) is 5.01. The van der Waals surface area contributed by atoms with Gasteiger partial charge in [0.25, 0.3) is 11.7 Å². The van der Waals surface area contributed by atoms with E-state index in [1.54, 1.807) is 17.0 Å². The number of unbranched alkanes of at least 4 members (excludes halogenated alkanes) is 1. The van der Waals surface area contributed by atoms with Gasteiger partial charge in [-0.3, -0.25) is 9.59 Å². The fourth-order valence-corrected chi connectivity index (χ4v) is 3.62. The van der Waals surface area contributed by atoms with Gasteiger partial charge in [0.2, 0.25) is 0 Å². The monoisotopic (exact) mass is 407 g/mol. The Hall–Kier alpha value is -3.08. The van der Waals surface area contributed by atoms with Crippen molar-refractivity contribution in [3.8, 4) is 5.75 Å². The first-order chi connectivity index (χ1) is 14.5. The van der Waals surface area contributed by atoms with Gasteiger partial charge in [0.05, 0.1) is 18.2 Å². The predicted molar refractivity (Wildman–Crippen MR) is 117 cm³/mol. The Bertz CT molecular complexity index is 929. The smallest absolute Gasteiger partial charge is 0.295 e. The summed E-state index contributed by atoms with van der Waals surface area (Å²) in [5.74, 6) is -0.595. The van der Waals surface area contributed by atoms with E-state index in [1.165, 1.54) is 0 Å². The molecule has 1 N–H and O–H groups in total. The molecule has 0 spiro atoms. The summed E-state index contributed by atoms with van der Waals surface area (Å²) < 4.78 is 5.65. The highest BCUT2D eigenvalue weighted by atomic mass is 16.5. The van der Waals surface area contributed by atoms with Crippen LogP contribution in [0.5, 0.6) is 5.75 Å². The zero-order valence-electron chi connectivity index (χ0n) is 17.9. The Morgan fingerprint density at radius 2 is 1.67 bits per heavy atom. The third-order valence-electron chi connectivity index (χ3n) is 5.29. The SMILES string of the molecule is CCCCN1C(=O)C(=O)/C(=C(\O)c2ccc(C)cc2)C1c1ccc(OCCC)cc1. The van der Waals surface area contributed by atoms with Crippen LogP contribution in [0, 0.1) is 6.92 Å². The van der Waals surface area contributed by atoms with Gasteiger partial charge in [0.15, 0.2) is 0 Å². The van der Waals surface area contributed by atoms with Crippen molar-refractivity contribution in [2.45, 2.75) is 46.1 Å². The molecule has 5 heteroatoms. The average molecular weight is 408 g/mol. The molecule has 2 aromatic carbocycles. The maximum atomic E-state index is 12.9. The molecule has 1 fully saturated rings. The quantitative estimate of drug-likeness (QED) is 0.380. The van der Waals surface area contributed by atoms with E-state index in [9.17, 15) is 14.7 Å². The summed E-state index contributed by atoms with van der Waals surface area (Å²) in [5, 5.41) is 11.0. The van der Waals surface area contributed by atoms with E-state index in [-0.39, 0.29) is 11.3 Å². The zero-order chi connectivity index (χ0) is 21.7. The van der Waals surface area contributed by atoms with Crippen LogP contribution < -0.4 is 4.74 Å². The third kappa shape index (κ3) is 4.40. The standard InChI is InChI=1S/C25H29NO4/c1-4-6-15-26-22(18-11-13-20(14-12-18)30-16-5-2)21(24(28)25(26)29)23(27)19-9-7-17(3)8-10-19/h7-14,22,27H,4-6,15-16H2,1-3H3/b23-21-. The van der Waals surface area contributed by atoms with Crippen molar-refractivity contribution >= 4 is 17.4 Å². The fourth-order valence-electron chi connectivity index (χ4n) is 3.62. The molecule has 0 aliphatic carbocycles. The van der Waals surface area contributed by atoms with E-state index in [1.807, 2.05) is 57.2 Å².